The van der Waals surface area contributed by atoms with Gasteiger partial charge < -0.3 is 19.7 Å². The first-order valence-electron chi connectivity index (χ1n) is 14.1. The molecule has 0 bridgehead atoms. The van der Waals surface area contributed by atoms with Crippen molar-refractivity contribution >= 4 is 36.4 Å². The van der Waals surface area contributed by atoms with Gasteiger partial charge in [-0.15, -0.1) is 24.8 Å². The number of hydrogen-bond donors (Lipinski definition) is 1. The van der Waals surface area contributed by atoms with Crippen molar-refractivity contribution in [1.29, 1.82) is 0 Å². The van der Waals surface area contributed by atoms with E-state index in [-0.39, 0.29) is 54.0 Å². The molecule has 228 valence electrons. The molecule has 11 heteroatoms. The Balaban J connectivity index is 0.00000231. The summed E-state index contributed by atoms with van der Waals surface area (Å²) in [7, 11) is 1.73. The lowest BCUT2D eigenvalue weighted by Crippen LogP contribution is -2.62. The van der Waals surface area contributed by atoms with E-state index >= 15 is 0 Å². The second kappa shape index (κ2) is 14.6. The Morgan fingerprint density at radius 3 is 2.66 bits per heavy atom. The summed E-state index contributed by atoms with van der Waals surface area (Å²) in [6.45, 7) is 12.9. The minimum Gasteiger partial charge on any atom is -0.383 e. The molecule has 2 fully saturated rings. The van der Waals surface area contributed by atoms with Gasteiger partial charge in [0, 0.05) is 63.5 Å². The van der Waals surface area contributed by atoms with Crippen LogP contribution in [0, 0.1) is 5.82 Å². The Hall–Kier alpha value is -1.85. The first-order valence-corrected chi connectivity index (χ1v) is 14.1. The van der Waals surface area contributed by atoms with Gasteiger partial charge in [-0.25, -0.2) is 4.39 Å². The van der Waals surface area contributed by atoms with Gasteiger partial charge in [-0.2, -0.15) is 0 Å². The number of hydrogen-bond acceptors (Lipinski definition) is 7. The molecule has 0 radical (unpaired) electrons. The van der Waals surface area contributed by atoms with Gasteiger partial charge in [0.2, 0.25) is 5.91 Å². The first kappa shape index (κ1) is 33.6. The number of rotatable bonds is 8. The fraction of sp³-hybridized carbons (Fsp3) is 0.600. The highest BCUT2D eigenvalue weighted by atomic mass is 35.5. The quantitative estimate of drug-likeness (QED) is 0.491. The third-order valence-corrected chi connectivity index (χ3v) is 8.25. The van der Waals surface area contributed by atoms with E-state index in [0.29, 0.717) is 38.8 Å². The topological polar surface area (TPSA) is 70.2 Å². The van der Waals surface area contributed by atoms with Crippen molar-refractivity contribution in [3.05, 3.63) is 59.2 Å². The molecule has 0 saturated carbocycles. The smallest absolute Gasteiger partial charge is 0.241 e. The molecule has 2 aromatic rings. The zero-order valence-corrected chi connectivity index (χ0v) is 26.1. The second-order valence-electron chi connectivity index (χ2n) is 11.9. The monoisotopic (exact) mass is 611 g/mol. The molecule has 2 saturated heterocycles. The van der Waals surface area contributed by atoms with Crippen LogP contribution in [0.1, 0.15) is 37.6 Å². The number of nitrogens with zero attached hydrogens (tertiary/aromatic N) is 4. The minimum atomic E-state index is -0.243. The summed E-state index contributed by atoms with van der Waals surface area (Å²) >= 11 is 0. The minimum absolute atomic E-state index is 0. The molecule has 3 aliphatic heterocycles. The Morgan fingerprint density at radius 2 is 1.93 bits per heavy atom. The van der Waals surface area contributed by atoms with Crippen molar-refractivity contribution in [2.45, 2.75) is 50.7 Å². The predicted molar refractivity (Wildman–Crippen MR) is 164 cm³/mol. The van der Waals surface area contributed by atoms with Crippen LogP contribution in [-0.4, -0.2) is 105 Å². The molecule has 1 aromatic heterocycles. The number of carbonyl (C=O) groups is 1. The molecule has 1 aromatic carbocycles. The number of ether oxygens (including phenoxy) is 2. The number of amides is 1. The van der Waals surface area contributed by atoms with E-state index in [9.17, 15) is 9.18 Å². The summed E-state index contributed by atoms with van der Waals surface area (Å²) in [6, 6.07) is 9.43. The van der Waals surface area contributed by atoms with Crippen LogP contribution in [0.4, 0.5) is 10.1 Å². The maximum atomic E-state index is 13.9. The number of methoxy groups -OCH3 is 1. The number of piperazine rings is 1. The lowest BCUT2D eigenvalue weighted by molar-refractivity contribution is -0.121. The zero-order valence-electron chi connectivity index (χ0n) is 24.5. The van der Waals surface area contributed by atoms with Crippen LogP contribution in [0.15, 0.2) is 36.5 Å². The van der Waals surface area contributed by atoms with E-state index in [1.807, 2.05) is 11.1 Å². The van der Waals surface area contributed by atoms with Gasteiger partial charge in [-0.05, 0) is 42.7 Å². The molecule has 4 heterocycles. The van der Waals surface area contributed by atoms with Crippen LogP contribution in [0.2, 0.25) is 0 Å². The summed E-state index contributed by atoms with van der Waals surface area (Å²) in [5.41, 5.74) is 3.66. The molecule has 0 spiro atoms. The molecule has 1 N–H and O–H groups in total. The number of fused-ring (bicyclic) bond motifs is 1. The van der Waals surface area contributed by atoms with Crippen LogP contribution in [0.25, 0.3) is 0 Å². The van der Waals surface area contributed by atoms with Crippen molar-refractivity contribution in [2.24, 2.45) is 0 Å². The number of morpholine rings is 1. The largest absolute Gasteiger partial charge is 0.383 e. The molecule has 0 unspecified atom stereocenters. The van der Waals surface area contributed by atoms with Crippen molar-refractivity contribution in [1.82, 2.24) is 20.1 Å². The highest BCUT2D eigenvalue weighted by Crippen LogP contribution is 2.39. The average molecular weight is 613 g/mol. The lowest BCUT2D eigenvalue weighted by Gasteiger charge is -2.44. The summed E-state index contributed by atoms with van der Waals surface area (Å²) in [5, 5.41) is 3.61. The molecule has 0 aliphatic carbocycles. The zero-order chi connectivity index (χ0) is 27.6. The van der Waals surface area contributed by atoms with Gasteiger partial charge in [0.05, 0.1) is 43.8 Å². The number of pyridine rings is 1. The highest BCUT2D eigenvalue weighted by molar-refractivity contribution is 5.97. The van der Waals surface area contributed by atoms with E-state index in [2.05, 4.69) is 42.0 Å². The van der Waals surface area contributed by atoms with E-state index in [1.165, 1.54) is 12.1 Å². The van der Waals surface area contributed by atoms with E-state index in [1.54, 1.807) is 19.2 Å². The van der Waals surface area contributed by atoms with Crippen LogP contribution >= 0.6 is 24.8 Å². The fourth-order valence-electron chi connectivity index (χ4n) is 6.15. The maximum Gasteiger partial charge on any atom is 0.241 e. The number of aromatic nitrogens is 1. The average Bonchev–Trinajstić information content (AvgIpc) is 3.18. The number of benzene rings is 1. The Kier molecular flexibility index (Phi) is 11.9. The first-order chi connectivity index (χ1) is 18.7. The van der Waals surface area contributed by atoms with E-state index in [0.717, 1.165) is 55.3 Å². The lowest BCUT2D eigenvalue weighted by atomic mass is 9.91. The van der Waals surface area contributed by atoms with Crippen LogP contribution in [0.3, 0.4) is 0 Å². The fourth-order valence-corrected chi connectivity index (χ4v) is 6.15. The van der Waals surface area contributed by atoms with Crippen LogP contribution in [0.5, 0.6) is 0 Å². The van der Waals surface area contributed by atoms with Crippen LogP contribution < -0.4 is 10.2 Å². The highest BCUT2D eigenvalue weighted by Gasteiger charge is 2.41. The van der Waals surface area contributed by atoms with Gasteiger partial charge in [0.1, 0.15) is 5.82 Å². The molecule has 8 nitrogen and oxygen atoms in total. The Labute approximate surface area is 255 Å². The van der Waals surface area contributed by atoms with Gasteiger partial charge >= 0.3 is 0 Å². The van der Waals surface area contributed by atoms with E-state index < -0.39 is 0 Å². The Bertz CT molecular complexity index is 1150. The van der Waals surface area contributed by atoms with Crippen molar-refractivity contribution in [3.8, 4) is 0 Å². The van der Waals surface area contributed by atoms with Crippen molar-refractivity contribution in [3.63, 3.8) is 0 Å². The number of carbonyl (C=O) groups excluding carboxylic acids is 1. The van der Waals surface area contributed by atoms with Gasteiger partial charge in [0.25, 0.3) is 0 Å². The van der Waals surface area contributed by atoms with Gasteiger partial charge in [-0.1, -0.05) is 26.0 Å². The second-order valence-corrected chi connectivity index (χ2v) is 11.9. The third kappa shape index (κ3) is 7.96. The standard InChI is InChI=1S/C30H42FN5O3.2ClH/c1-21-15-35(25(14-32-21)16-34-9-10-39-19-26(34)18-38-4)17-28(37)36-20-30(2,3)29-27(36)12-23(13-33-29)11-22-5-7-24(31)8-6-22;;/h5-8,12-13,21,25-26,32H,9-11,14-20H2,1-4H3;2*1H/t21-,25-,26-;;/m1../s1. The summed E-state index contributed by atoms with van der Waals surface area (Å²) in [5.74, 6) is -0.134. The van der Waals surface area contributed by atoms with Crippen molar-refractivity contribution in [2.75, 3.05) is 71.1 Å². The van der Waals surface area contributed by atoms with Gasteiger partial charge in [-0.3, -0.25) is 19.6 Å². The molecule has 5 rings (SSSR count). The summed E-state index contributed by atoms with van der Waals surface area (Å²) in [6.07, 6.45) is 2.54. The van der Waals surface area contributed by atoms with E-state index in [4.69, 9.17) is 14.5 Å². The van der Waals surface area contributed by atoms with Crippen molar-refractivity contribution < 1.29 is 18.7 Å². The summed E-state index contributed by atoms with van der Waals surface area (Å²) in [4.78, 5) is 25.5. The molecule has 3 atom stereocenters. The SMILES string of the molecule is COC[C@@H]1COCCN1C[C@H]1CN[C@H](C)CN1CC(=O)N1CC(C)(C)c2ncc(Cc3ccc(F)cc3)cc21.Cl.Cl. The summed E-state index contributed by atoms with van der Waals surface area (Å²) < 4.78 is 24.5. The number of anilines is 1. The van der Waals surface area contributed by atoms with Gasteiger partial charge in [0.15, 0.2) is 0 Å². The molecule has 1 amide bonds. The Morgan fingerprint density at radius 1 is 1.17 bits per heavy atom. The molecular formula is C30H44Cl2FN5O3. The number of nitrogens with one attached hydrogen (secondary N) is 1. The molecular weight excluding hydrogens is 568 g/mol. The van der Waals surface area contributed by atoms with Crippen LogP contribution in [-0.2, 0) is 26.1 Å². The maximum absolute atomic E-state index is 13.9. The number of halogens is 3. The normalized spacial score (nSPS) is 24.3. The molecule has 3 aliphatic rings. The predicted octanol–water partition coefficient (Wildman–Crippen LogP) is 3.29. The third-order valence-electron chi connectivity index (χ3n) is 8.25. The molecule has 41 heavy (non-hydrogen) atoms.